The maximum Gasteiger partial charge on any atom is 0.204 e. The Morgan fingerprint density at radius 3 is 3.16 bits per heavy atom. The van der Waals surface area contributed by atoms with Gasteiger partial charge in [-0.2, -0.15) is 0 Å². The summed E-state index contributed by atoms with van der Waals surface area (Å²) in [4.78, 5) is 12.3. The van der Waals surface area contributed by atoms with Crippen LogP contribution in [0, 0.1) is 0 Å². The highest BCUT2D eigenvalue weighted by atomic mass is 32.2. The fourth-order valence-corrected chi connectivity index (χ4v) is 4.47. The van der Waals surface area contributed by atoms with Gasteiger partial charge in [-0.1, -0.05) is 0 Å². The van der Waals surface area contributed by atoms with Crippen molar-refractivity contribution in [3.63, 3.8) is 0 Å². The van der Waals surface area contributed by atoms with Gasteiger partial charge in [0.2, 0.25) is 5.43 Å². The summed E-state index contributed by atoms with van der Waals surface area (Å²) in [7, 11) is 0. The fourth-order valence-electron chi connectivity index (χ4n) is 2.09. The number of hydrogen-bond donors (Lipinski definition) is 1. The molecule has 1 aliphatic heterocycles. The van der Waals surface area contributed by atoms with Gasteiger partial charge in [0, 0.05) is 6.61 Å². The highest BCUT2D eigenvalue weighted by molar-refractivity contribution is 7.83. The van der Waals surface area contributed by atoms with Gasteiger partial charge in [-0.15, -0.1) is 35.3 Å². The van der Waals surface area contributed by atoms with E-state index >= 15 is 0 Å². The molecule has 3 rings (SSSR count). The van der Waals surface area contributed by atoms with E-state index in [1.807, 2.05) is 11.4 Å². The highest BCUT2D eigenvalue weighted by Crippen LogP contribution is 2.29. The van der Waals surface area contributed by atoms with Gasteiger partial charge < -0.3 is 9.47 Å². The molecule has 19 heavy (non-hydrogen) atoms. The zero-order valence-corrected chi connectivity index (χ0v) is 12.8. The Labute approximate surface area is 124 Å². The van der Waals surface area contributed by atoms with E-state index in [0.717, 1.165) is 39.5 Å². The minimum absolute atomic E-state index is 0.0459. The fraction of sp³-hybridized carbons (Fsp3) is 0.462. The van der Waals surface area contributed by atoms with Crippen molar-refractivity contribution in [2.45, 2.75) is 36.4 Å². The second-order valence-corrected chi connectivity index (χ2v) is 7.15. The first kappa shape index (κ1) is 13.6. The summed E-state index contributed by atoms with van der Waals surface area (Å²) < 4.78 is 13.7. The molecule has 1 unspecified atom stereocenters. The van der Waals surface area contributed by atoms with Gasteiger partial charge >= 0.3 is 0 Å². The molecule has 0 spiro atoms. The van der Waals surface area contributed by atoms with Crippen molar-refractivity contribution in [2.24, 2.45) is 0 Å². The molecule has 1 aliphatic rings. The minimum atomic E-state index is -0.176. The van der Waals surface area contributed by atoms with Gasteiger partial charge in [0.05, 0.1) is 25.8 Å². The molecule has 3 heterocycles. The van der Waals surface area contributed by atoms with Crippen molar-refractivity contribution in [3.05, 3.63) is 27.2 Å². The molecule has 102 valence electrons. The zero-order chi connectivity index (χ0) is 13.2. The lowest BCUT2D eigenvalue weighted by atomic mass is 10.2. The lowest BCUT2D eigenvalue weighted by Gasteiger charge is -2.22. The summed E-state index contributed by atoms with van der Waals surface area (Å²) in [6.07, 6.45) is 2.94. The molecule has 0 amide bonds. The Bertz CT molecular complexity index is 626. The predicted molar refractivity (Wildman–Crippen MR) is 81.6 cm³/mol. The van der Waals surface area contributed by atoms with Crippen molar-refractivity contribution in [2.75, 3.05) is 6.61 Å². The first-order chi connectivity index (χ1) is 9.25. The molecule has 0 saturated carbocycles. The van der Waals surface area contributed by atoms with Crippen molar-refractivity contribution in [1.29, 1.82) is 0 Å². The molecule has 2 aromatic rings. The molecule has 0 aliphatic carbocycles. The van der Waals surface area contributed by atoms with Gasteiger partial charge in [-0.05, 0) is 30.7 Å². The predicted octanol–water partition coefficient (Wildman–Crippen LogP) is 3.65. The lowest BCUT2D eigenvalue weighted by molar-refractivity contribution is -0.169. The number of thiol groups is 1. The second-order valence-electron chi connectivity index (χ2n) is 4.44. The summed E-state index contributed by atoms with van der Waals surface area (Å²) in [6.45, 7) is 1.03. The van der Waals surface area contributed by atoms with E-state index in [-0.39, 0.29) is 18.3 Å². The number of hydrogen-bond acceptors (Lipinski definition) is 6. The lowest BCUT2D eigenvalue weighted by Crippen LogP contribution is -2.23. The van der Waals surface area contributed by atoms with Crippen molar-refractivity contribution in [1.82, 2.24) is 0 Å². The van der Waals surface area contributed by atoms with Crippen LogP contribution >= 0.6 is 35.3 Å². The van der Waals surface area contributed by atoms with E-state index in [1.165, 1.54) is 22.7 Å². The summed E-state index contributed by atoms with van der Waals surface area (Å²) in [5.41, 5.74) is 0.696. The molecule has 0 aromatic carbocycles. The van der Waals surface area contributed by atoms with Crippen molar-refractivity contribution in [3.8, 4) is 0 Å². The Kier molecular flexibility index (Phi) is 4.24. The van der Waals surface area contributed by atoms with Gasteiger partial charge in [0.1, 0.15) is 0 Å². The van der Waals surface area contributed by atoms with Gasteiger partial charge in [-0.3, -0.25) is 4.79 Å². The Morgan fingerprint density at radius 1 is 1.47 bits per heavy atom. The van der Waals surface area contributed by atoms with Crippen LogP contribution in [0.4, 0.5) is 0 Å². The molecule has 1 saturated heterocycles. The molecule has 1 fully saturated rings. The molecule has 0 N–H and O–H groups in total. The average molecular weight is 314 g/mol. The molecule has 0 radical (unpaired) electrons. The highest BCUT2D eigenvalue weighted by Gasteiger charge is 2.17. The number of ether oxygens (including phenoxy) is 2. The molecule has 0 bridgehead atoms. The number of thiophene rings is 1. The molecular formula is C13H14O3S3. The van der Waals surface area contributed by atoms with Crippen LogP contribution in [0.5, 0.6) is 0 Å². The molecule has 3 nitrogen and oxygen atoms in total. The van der Waals surface area contributed by atoms with E-state index < -0.39 is 0 Å². The minimum Gasteiger partial charge on any atom is -0.353 e. The zero-order valence-electron chi connectivity index (χ0n) is 10.3. The quantitative estimate of drug-likeness (QED) is 0.878. The Hall–Kier alpha value is -0.400. The molecular weight excluding hydrogens is 300 g/mol. The first-order valence-corrected chi connectivity index (χ1v) is 8.35. The van der Waals surface area contributed by atoms with Gasteiger partial charge in [0.15, 0.2) is 6.29 Å². The maximum atomic E-state index is 12.3. The average Bonchev–Trinajstić information content (AvgIpc) is 2.88. The van der Waals surface area contributed by atoms with Crippen LogP contribution in [0.15, 0.2) is 20.5 Å². The molecule has 2 aromatic heterocycles. The van der Waals surface area contributed by atoms with Crippen LogP contribution < -0.4 is 5.43 Å². The third kappa shape index (κ3) is 2.87. The summed E-state index contributed by atoms with van der Waals surface area (Å²) >= 11 is 7.42. The third-order valence-electron chi connectivity index (χ3n) is 3.13. The van der Waals surface area contributed by atoms with Crippen LogP contribution in [-0.4, -0.2) is 12.9 Å². The van der Waals surface area contributed by atoms with E-state index in [0.29, 0.717) is 5.56 Å². The van der Waals surface area contributed by atoms with Crippen LogP contribution in [0.2, 0.25) is 0 Å². The number of rotatable bonds is 3. The largest absolute Gasteiger partial charge is 0.353 e. The van der Waals surface area contributed by atoms with Gasteiger partial charge in [-0.25, -0.2) is 0 Å². The van der Waals surface area contributed by atoms with E-state index in [1.54, 1.807) is 0 Å². The smallest absolute Gasteiger partial charge is 0.204 e. The normalized spacial score (nSPS) is 19.9. The van der Waals surface area contributed by atoms with Crippen molar-refractivity contribution >= 4 is 44.7 Å². The van der Waals surface area contributed by atoms with Crippen LogP contribution in [-0.2, 0) is 16.1 Å². The van der Waals surface area contributed by atoms with Gasteiger partial charge in [0.25, 0.3) is 0 Å². The summed E-state index contributed by atoms with van der Waals surface area (Å²) in [5.74, 6) is 0. The maximum absolute atomic E-state index is 12.3. The SMILES string of the molecule is O=c1c(COC2CCCCO2)c(S)sc2ccsc12. The topological polar surface area (TPSA) is 35.5 Å². The Balaban J connectivity index is 1.81. The van der Waals surface area contributed by atoms with Crippen LogP contribution in [0.25, 0.3) is 9.40 Å². The monoisotopic (exact) mass is 314 g/mol. The summed E-state index contributed by atoms with van der Waals surface area (Å²) in [6, 6.07) is 1.96. The van der Waals surface area contributed by atoms with E-state index in [4.69, 9.17) is 9.47 Å². The Morgan fingerprint density at radius 2 is 2.37 bits per heavy atom. The number of fused-ring (bicyclic) bond motifs is 1. The second kappa shape index (κ2) is 5.93. The third-order valence-corrected chi connectivity index (χ3v) is 5.71. The summed E-state index contributed by atoms with van der Waals surface area (Å²) in [5, 5.41) is 1.94. The molecule has 6 heteroatoms. The van der Waals surface area contributed by atoms with Crippen molar-refractivity contribution < 1.29 is 9.47 Å². The standard InChI is InChI=1S/C13H14O3S3/c14-11-8(7-16-10-3-1-2-5-15-10)13(17)19-9-4-6-18-12(9)11/h4,6,10,17H,1-3,5,7H2. The first-order valence-electron chi connectivity index (χ1n) is 6.21. The van der Waals surface area contributed by atoms with Crippen LogP contribution in [0.1, 0.15) is 24.8 Å². The molecule has 1 atom stereocenters. The van der Waals surface area contributed by atoms with Crippen LogP contribution in [0.3, 0.4) is 0 Å². The van der Waals surface area contributed by atoms with E-state index in [2.05, 4.69) is 12.6 Å². The van der Waals surface area contributed by atoms with E-state index in [9.17, 15) is 4.79 Å².